The Morgan fingerprint density at radius 1 is 0.870 bits per heavy atom. The summed E-state index contributed by atoms with van der Waals surface area (Å²) in [7, 11) is -4.53. The lowest BCUT2D eigenvalue weighted by Crippen LogP contribution is -2.03. The average molecular weight is 330 g/mol. The molecule has 0 bridgehead atoms. The second kappa shape index (κ2) is 5.15. The topological polar surface area (TPSA) is 127 Å². The molecule has 0 aliphatic carbocycles. The number of rotatable bonds is 2. The van der Waals surface area contributed by atoms with Crippen LogP contribution in [0.1, 0.15) is 0 Å². The Bertz CT molecular complexity index is 1010. The molecule has 0 fully saturated rings. The van der Waals surface area contributed by atoms with Gasteiger partial charge in [-0.25, -0.2) is 0 Å². The van der Waals surface area contributed by atoms with Crippen molar-refractivity contribution >= 4 is 32.3 Å². The maximum Gasteiger partial charge on any atom is 0.296 e. The summed E-state index contributed by atoms with van der Waals surface area (Å²) in [5.41, 5.74) is 13.2. The van der Waals surface area contributed by atoms with Gasteiger partial charge in [-0.05, 0) is 46.8 Å². The van der Waals surface area contributed by atoms with Gasteiger partial charge >= 0.3 is 0 Å². The number of phenolic OH excluding ortho intramolecular Hbond substituents is 1. The highest BCUT2D eigenvalue weighted by Crippen LogP contribution is 2.37. The first-order valence-electron chi connectivity index (χ1n) is 6.66. The summed E-state index contributed by atoms with van der Waals surface area (Å²) in [4.78, 5) is -0.517. The van der Waals surface area contributed by atoms with Crippen molar-refractivity contribution in [3.8, 4) is 16.9 Å². The fourth-order valence-electron chi connectivity index (χ4n) is 2.45. The van der Waals surface area contributed by atoms with E-state index < -0.39 is 15.0 Å². The van der Waals surface area contributed by atoms with Gasteiger partial charge < -0.3 is 16.6 Å². The number of hydrogen-bond donors (Lipinski definition) is 4. The molecule has 118 valence electrons. The predicted molar refractivity (Wildman–Crippen MR) is 89.7 cm³/mol. The van der Waals surface area contributed by atoms with Gasteiger partial charge in [-0.2, -0.15) is 8.42 Å². The van der Waals surface area contributed by atoms with Gasteiger partial charge in [0.2, 0.25) is 0 Å². The summed E-state index contributed by atoms with van der Waals surface area (Å²) in [6.45, 7) is 0. The van der Waals surface area contributed by atoms with Crippen LogP contribution in [0.4, 0.5) is 11.4 Å². The Kier molecular flexibility index (Phi) is 3.39. The number of fused-ring (bicyclic) bond motifs is 1. The molecule has 0 spiro atoms. The molecule has 23 heavy (non-hydrogen) atoms. The standard InChI is InChI=1S/C16H14N2O4S/c17-12-4-1-9(2-5-12)10-3-6-13-11(7-10)8-14(23(20,21)22)15(18)16(13)19/h1-8,19H,17-18H2,(H,20,21,22). The molecule has 0 heterocycles. The second-order valence-electron chi connectivity index (χ2n) is 5.17. The van der Waals surface area contributed by atoms with Gasteiger partial charge in [0.1, 0.15) is 10.6 Å². The fourth-order valence-corrected chi connectivity index (χ4v) is 3.10. The molecule has 0 unspecified atom stereocenters. The SMILES string of the molecule is Nc1ccc(-c2ccc3c(O)c(N)c(S(=O)(=O)O)cc3c2)cc1. The Balaban J connectivity index is 2.27. The van der Waals surface area contributed by atoms with E-state index in [1.807, 2.05) is 12.1 Å². The van der Waals surface area contributed by atoms with Crippen molar-refractivity contribution in [2.75, 3.05) is 11.5 Å². The van der Waals surface area contributed by atoms with Crippen molar-refractivity contribution in [2.24, 2.45) is 0 Å². The van der Waals surface area contributed by atoms with E-state index in [0.29, 0.717) is 16.5 Å². The Morgan fingerprint density at radius 2 is 1.48 bits per heavy atom. The van der Waals surface area contributed by atoms with Gasteiger partial charge in [-0.3, -0.25) is 4.55 Å². The van der Waals surface area contributed by atoms with Crippen LogP contribution in [0, 0.1) is 0 Å². The molecule has 0 saturated carbocycles. The zero-order chi connectivity index (χ0) is 16.8. The zero-order valence-corrected chi connectivity index (χ0v) is 12.7. The summed E-state index contributed by atoms with van der Waals surface area (Å²) in [6.07, 6.45) is 0. The summed E-state index contributed by atoms with van der Waals surface area (Å²) in [5.74, 6) is -0.376. The monoisotopic (exact) mass is 330 g/mol. The third kappa shape index (κ3) is 2.67. The van der Waals surface area contributed by atoms with Gasteiger partial charge in [0.05, 0.1) is 5.69 Å². The van der Waals surface area contributed by atoms with Crippen LogP contribution >= 0.6 is 0 Å². The van der Waals surface area contributed by atoms with E-state index in [9.17, 15) is 18.1 Å². The highest BCUT2D eigenvalue weighted by atomic mass is 32.2. The molecule has 0 aliphatic heterocycles. The highest BCUT2D eigenvalue weighted by Gasteiger charge is 2.19. The lowest BCUT2D eigenvalue weighted by molar-refractivity contribution is 0.473. The second-order valence-corrected chi connectivity index (χ2v) is 6.56. The molecule has 6 nitrogen and oxygen atoms in total. The molecule has 0 saturated heterocycles. The van der Waals surface area contributed by atoms with E-state index in [1.54, 1.807) is 30.3 Å². The van der Waals surface area contributed by atoms with E-state index in [2.05, 4.69) is 0 Å². The van der Waals surface area contributed by atoms with Crippen LogP contribution in [-0.4, -0.2) is 18.1 Å². The number of benzene rings is 3. The maximum atomic E-state index is 11.4. The summed E-state index contributed by atoms with van der Waals surface area (Å²) >= 11 is 0. The minimum absolute atomic E-state index is 0.375. The van der Waals surface area contributed by atoms with Crippen molar-refractivity contribution in [1.29, 1.82) is 0 Å². The number of anilines is 2. The molecule has 6 N–H and O–H groups in total. The normalized spacial score (nSPS) is 11.7. The molecule has 0 aliphatic rings. The van der Waals surface area contributed by atoms with Crippen molar-refractivity contribution in [2.45, 2.75) is 4.90 Å². The lowest BCUT2D eigenvalue weighted by atomic mass is 10.00. The van der Waals surface area contributed by atoms with Gasteiger partial charge in [0.15, 0.2) is 0 Å². The molecular weight excluding hydrogens is 316 g/mol. The number of nitrogens with two attached hydrogens (primary N) is 2. The van der Waals surface area contributed by atoms with Crippen LogP contribution in [-0.2, 0) is 10.1 Å². The molecule has 0 radical (unpaired) electrons. The quantitative estimate of drug-likeness (QED) is 0.325. The predicted octanol–water partition coefficient (Wildman–Crippen LogP) is 2.62. The Hall–Kier alpha value is -2.77. The first-order chi connectivity index (χ1) is 10.8. The minimum atomic E-state index is -4.53. The highest BCUT2D eigenvalue weighted by molar-refractivity contribution is 7.86. The van der Waals surface area contributed by atoms with Crippen LogP contribution < -0.4 is 11.5 Å². The van der Waals surface area contributed by atoms with Crippen LogP contribution in [0.15, 0.2) is 53.4 Å². The molecule has 0 atom stereocenters. The van der Waals surface area contributed by atoms with Crippen LogP contribution in [0.5, 0.6) is 5.75 Å². The van der Waals surface area contributed by atoms with E-state index in [4.69, 9.17) is 11.5 Å². The van der Waals surface area contributed by atoms with E-state index in [-0.39, 0.29) is 11.4 Å². The van der Waals surface area contributed by atoms with Crippen molar-refractivity contribution in [1.82, 2.24) is 0 Å². The largest absolute Gasteiger partial charge is 0.505 e. The summed E-state index contributed by atoms with van der Waals surface area (Å²) in [6, 6.07) is 13.5. The number of aromatic hydroxyl groups is 1. The van der Waals surface area contributed by atoms with E-state index in [1.165, 1.54) is 6.07 Å². The Morgan fingerprint density at radius 3 is 2.09 bits per heavy atom. The van der Waals surface area contributed by atoms with Crippen LogP contribution in [0.25, 0.3) is 21.9 Å². The fraction of sp³-hybridized carbons (Fsp3) is 0. The lowest BCUT2D eigenvalue weighted by Gasteiger charge is -2.10. The van der Waals surface area contributed by atoms with Gasteiger partial charge in [-0.15, -0.1) is 0 Å². The molecular formula is C16H14N2O4S. The van der Waals surface area contributed by atoms with Crippen LogP contribution in [0.3, 0.4) is 0 Å². The van der Waals surface area contributed by atoms with Gasteiger partial charge in [-0.1, -0.05) is 18.2 Å². The summed E-state index contributed by atoms with van der Waals surface area (Å²) in [5, 5.41) is 10.9. The summed E-state index contributed by atoms with van der Waals surface area (Å²) < 4.78 is 32.0. The van der Waals surface area contributed by atoms with Gasteiger partial charge in [0.25, 0.3) is 10.1 Å². The molecule has 7 heteroatoms. The first-order valence-corrected chi connectivity index (χ1v) is 8.10. The van der Waals surface area contributed by atoms with Gasteiger partial charge in [0, 0.05) is 11.1 Å². The number of phenols is 1. The molecule has 3 aromatic rings. The van der Waals surface area contributed by atoms with Crippen LogP contribution in [0.2, 0.25) is 0 Å². The minimum Gasteiger partial charge on any atom is -0.505 e. The number of hydrogen-bond acceptors (Lipinski definition) is 5. The Labute approximate surface area is 132 Å². The average Bonchev–Trinajstić information content (AvgIpc) is 2.50. The molecule has 3 rings (SSSR count). The zero-order valence-electron chi connectivity index (χ0n) is 11.9. The van der Waals surface area contributed by atoms with Crippen molar-refractivity contribution < 1.29 is 18.1 Å². The first kappa shape index (κ1) is 15.1. The van der Waals surface area contributed by atoms with E-state index in [0.717, 1.165) is 11.1 Å². The van der Waals surface area contributed by atoms with E-state index >= 15 is 0 Å². The van der Waals surface area contributed by atoms with Crippen molar-refractivity contribution in [3.05, 3.63) is 48.5 Å². The number of nitrogen functional groups attached to an aromatic ring is 2. The third-order valence-corrected chi connectivity index (χ3v) is 4.53. The third-order valence-electron chi connectivity index (χ3n) is 3.64. The van der Waals surface area contributed by atoms with Crippen molar-refractivity contribution in [3.63, 3.8) is 0 Å². The molecule has 3 aromatic carbocycles. The maximum absolute atomic E-state index is 11.4. The smallest absolute Gasteiger partial charge is 0.296 e. The molecule has 0 amide bonds. The molecule has 0 aromatic heterocycles.